The van der Waals surface area contributed by atoms with Gasteiger partial charge in [0.25, 0.3) is 5.91 Å². The molecule has 1 aromatic carbocycles. The Kier molecular flexibility index (Phi) is 5.61. The van der Waals surface area contributed by atoms with E-state index in [1.807, 2.05) is 36.0 Å². The molecular weight excluding hydrogens is 302 g/mol. The molecule has 0 saturated carbocycles. The number of hydrogen-bond acceptors (Lipinski definition) is 4. The number of likely N-dealkylation sites (tertiary alicyclic amines) is 1. The fourth-order valence-electron chi connectivity index (χ4n) is 2.36. The van der Waals surface area contributed by atoms with E-state index in [1.165, 1.54) is 6.33 Å². The molecule has 114 valence electrons. The normalized spacial score (nSPS) is 13.4. The largest absolute Gasteiger partial charge is 0.337 e. The first-order valence-corrected chi connectivity index (χ1v) is 7.28. The van der Waals surface area contributed by atoms with E-state index in [-0.39, 0.29) is 5.91 Å². The number of carbonyl (C=O) groups is 2. The summed E-state index contributed by atoms with van der Waals surface area (Å²) >= 11 is 5.98. The molecule has 5 nitrogen and oxygen atoms in total. The zero-order valence-electron chi connectivity index (χ0n) is 12.0. The van der Waals surface area contributed by atoms with Gasteiger partial charge in [0.1, 0.15) is 18.8 Å². The molecule has 0 radical (unpaired) electrons. The van der Waals surface area contributed by atoms with Gasteiger partial charge in [0.15, 0.2) is 0 Å². The molecule has 2 heterocycles. The predicted molar refractivity (Wildman–Crippen MR) is 84.7 cm³/mol. The number of rotatable bonds is 2. The highest BCUT2D eigenvalue weighted by Gasteiger charge is 2.21. The van der Waals surface area contributed by atoms with Gasteiger partial charge in [-0.25, -0.2) is 9.97 Å². The second-order valence-corrected chi connectivity index (χ2v) is 5.23. The van der Waals surface area contributed by atoms with E-state index in [9.17, 15) is 4.79 Å². The van der Waals surface area contributed by atoms with Crippen molar-refractivity contribution in [2.45, 2.75) is 12.8 Å². The third kappa shape index (κ3) is 3.68. The second-order valence-electron chi connectivity index (χ2n) is 4.80. The molecule has 22 heavy (non-hydrogen) atoms. The van der Waals surface area contributed by atoms with E-state index < -0.39 is 0 Å². The zero-order chi connectivity index (χ0) is 15.9. The van der Waals surface area contributed by atoms with Gasteiger partial charge in [0, 0.05) is 23.7 Å². The number of benzene rings is 1. The molecule has 1 aromatic heterocycles. The Bertz CT molecular complexity index is 657. The van der Waals surface area contributed by atoms with Gasteiger partial charge in [-0.2, -0.15) is 0 Å². The van der Waals surface area contributed by atoms with Gasteiger partial charge < -0.3 is 9.69 Å². The molecule has 1 fully saturated rings. The molecular formula is C16H16ClN3O2. The monoisotopic (exact) mass is 317 g/mol. The lowest BCUT2D eigenvalue weighted by atomic mass is 10.1. The Morgan fingerprint density at radius 2 is 1.86 bits per heavy atom. The van der Waals surface area contributed by atoms with E-state index >= 15 is 0 Å². The summed E-state index contributed by atoms with van der Waals surface area (Å²) in [6.45, 7) is 3.63. The van der Waals surface area contributed by atoms with Crippen LogP contribution in [0.25, 0.3) is 11.3 Å². The molecule has 1 aliphatic heterocycles. The highest BCUT2D eigenvalue weighted by atomic mass is 35.5. The topological polar surface area (TPSA) is 63.2 Å². The molecule has 2 aromatic rings. The lowest BCUT2D eigenvalue weighted by Crippen LogP contribution is -2.28. The number of aromatic nitrogens is 2. The van der Waals surface area contributed by atoms with Crippen LogP contribution in [-0.4, -0.2) is 40.7 Å². The summed E-state index contributed by atoms with van der Waals surface area (Å²) in [5, 5.41) is 0.647. The van der Waals surface area contributed by atoms with Gasteiger partial charge in [-0.3, -0.25) is 4.79 Å². The molecule has 0 spiro atoms. The van der Waals surface area contributed by atoms with Crippen molar-refractivity contribution in [1.29, 1.82) is 0 Å². The molecule has 0 N–H and O–H groups in total. The summed E-state index contributed by atoms with van der Waals surface area (Å²) in [7, 11) is 0. The van der Waals surface area contributed by atoms with Crippen LogP contribution in [0.1, 0.15) is 23.3 Å². The van der Waals surface area contributed by atoms with Crippen LogP contribution in [0.4, 0.5) is 0 Å². The Balaban J connectivity index is 0.000000847. The van der Waals surface area contributed by atoms with Crippen LogP contribution in [0.15, 0.2) is 36.7 Å². The highest BCUT2D eigenvalue weighted by Crippen LogP contribution is 2.21. The van der Waals surface area contributed by atoms with Crippen molar-refractivity contribution in [2.75, 3.05) is 13.1 Å². The maximum absolute atomic E-state index is 12.3. The average molecular weight is 318 g/mol. The second kappa shape index (κ2) is 7.66. The van der Waals surface area contributed by atoms with Crippen molar-refractivity contribution >= 4 is 24.3 Å². The van der Waals surface area contributed by atoms with Crippen molar-refractivity contribution in [3.63, 3.8) is 0 Å². The third-order valence-corrected chi connectivity index (χ3v) is 3.63. The van der Waals surface area contributed by atoms with E-state index in [0.717, 1.165) is 31.5 Å². The first kappa shape index (κ1) is 16.1. The van der Waals surface area contributed by atoms with Crippen molar-refractivity contribution < 1.29 is 9.59 Å². The van der Waals surface area contributed by atoms with Crippen molar-refractivity contribution in [3.8, 4) is 11.3 Å². The molecule has 0 bridgehead atoms. The number of halogens is 1. The summed E-state index contributed by atoms with van der Waals surface area (Å²) < 4.78 is 0. The smallest absolute Gasteiger partial charge is 0.272 e. The van der Waals surface area contributed by atoms with Crippen LogP contribution >= 0.6 is 11.6 Å². The Labute approximate surface area is 134 Å². The summed E-state index contributed by atoms with van der Waals surface area (Å²) in [5.41, 5.74) is 2.04. The fraction of sp³-hybridized carbons (Fsp3) is 0.250. The van der Waals surface area contributed by atoms with Gasteiger partial charge in [-0.1, -0.05) is 23.7 Å². The first-order valence-electron chi connectivity index (χ1n) is 6.90. The van der Waals surface area contributed by atoms with E-state index in [2.05, 4.69) is 9.97 Å². The predicted octanol–water partition coefficient (Wildman–Crippen LogP) is 2.85. The highest BCUT2D eigenvalue weighted by molar-refractivity contribution is 6.30. The van der Waals surface area contributed by atoms with Gasteiger partial charge in [-0.05, 0) is 31.0 Å². The van der Waals surface area contributed by atoms with Gasteiger partial charge >= 0.3 is 0 Å². The summed E-state index contributed by atoms with van der Waals surface area (Å²) in [6, 6.07) is 9.14. The standard InChI is InChI=1S/C15H14ClN3O.CH2O/c16-12-5-3-4-11(8-12)13-9-14(18-10-17-13)15(20)19-6-1-2-7-19;1-2/h3-5,8-10H,1-2,6-7H2;1H2. The molecule has 3 rings (SSSR count). The van der Waals surface area contributed by atoms with Crippen molar-refractivity contribution in [3.05, 3.63) is 47.4 Å². The minimum absolute atomic E-state index is 0.0202. The van der Waals surface area contributed by atoms with Crippen LogP contribution in [0.3, 0.4) is 0 Å². The summed E-state index contributed by atoms with van der Waals surface area (Å²) in [5.74, 6) is -0.0202. The van der Waals surface area contributed by atoms with E-state index in [1.54, 1.807) is 6.07 Å². The molecule has 1 aliphatic rings. The van der Waals surface area contributed by atoms with Gasteiger partial charge in [0.2, 0.25) is 0 Å². The Hall–Kier alpha value is -2.27. The molecule has 1 saturated heterocycles. The molecule has 0 unspecified atom stereocenters. The fourth-order valence-corrected chi connectivity index (χ4v) is 2.55. The average Bonchev–Trinajstić information content (AvgIpc) is 3.11. The Morgan fingerprint density at radius 1 is 1.14 bits per heavy atom. The number of nitrogens with zero attached hydrogens (tertiary/aromatic N) is 3. The van der Waals surface area contributed by atoms with Gasteiger partial charge in [-0.15, -0.1) is 0 Å². The van der Waals surface area contributed by atoms with Crippen molar-refractivity contribution in [1.82, 2.24) is 14.9 Å². The summed E-state index contributed by atoms with van der Waals surface area (Å²) in [6.07, 6.45) is 3.56. The number of amides is 1. The maximum atomic E-state index is 12.3. The van der Waals surface area contributed by atoms with Crippen LogP contribution in [0, 0.1) is 0 Å². The molecule has 6 heteroatoms. The lowest BCUT2D eigenvalue weighted by molar-refractivity contribution is -0.0980. The number of carbonyl (C=O) groups excluding carboxylic acids is 2. The lowest BCUT2D eigenvalue weighted by Gasteiger charge is -2.14. The van der Waals surface area contributed by atoms with E-state index in [0.29, 0.717) is 16.4 Å². The maximum Gasteiger partial charge on any atom is 0.272 e. The number of hydrogen-bond donors (Lipinski definition) is 0. The quantitative estimate of drug-likeness (QED) is 0.854. The van der Waals surface area contributed by atoms with Gasteiger partial charge in [0.05, 0.1) is 5.69 Å². The van der Waals surface area contributed by atoms with E-state index in [4.69, 9.17) is 16.4 Å². The molecule has 1 amide bonds. The van der Waals surface area contributed by atoms with Crippen LogP contribution in [0.5, 0.6) is 0 Å². The summed E-state index contributed by atoms with van der Waals surface area (Å²) in [4.78, 5) is 30.5. The molecule has 0 atom stereocenters. The van der Waals surface area contributed by atoms with Crippen LogP contribution in [-0.2, 0) is 4.79 Å². The SMILES string of the molecule is C=O.O=C(c1cc(-c2cccc(Cl)c2)ncn1)N1CCCC1. The minimum atomic E-state index is -0.0202. The minimum Gasteiger partial charge on any atom is -0.337 e. The van der Waals surface area contributed by atoms with Crippen molar-refractivity contribution in [2.24, 2.45) is 0 Å². The molecule has 0 aliphatic carbocycles. The zero-order valence-corrected chi connectivity index (χ0v) is 12.8. The van der Waals surface area contributed by atoms with Crippen LogP contribution in [0.2, 0.25) is 5.02 Å². The van der Waals surface area contributed by atoms with Crippen LogP contribution < -0.4 is 0 Å². The third-order valence-electron chi connectivity index (χ3n) is 3.40. The Morgan fingerprint density at radius 3 is 2.55 bits per heavy atom. The first-order chi connectivity index (χ1) is 10.7.